The van der Waals surface area contributed by atoms with Gasteiger partial charge in [0, 0.05) is 28.0 Å². The Hall–Kier alpha value is -2.78. The van der Waals surface area contributed by atoms with Crippen LogP contribution >= 0.6 is 11.3 Å². The van der Waals surface area contributed by atoms with Crippen LogP contribution in [0.25, 0.3) is 21.3 Å². The minimum Gasteiger partial charge on any atom is -0.477 e. The molecule has 3 aromatic rings. The molecular weight excluding hydrogens is 412 g/mol. The molecule has 0 bridgehead atoms. The van der Waals surface area contributed by atoms with Crippen LogP contribution < -0.4 is 16.9 Å². The third kappa shape index (κ3) is 2.69. The van der Waals surface area contributed by atoms with Gasteiger partial charge in [-0.25, -0.2) is 13.6 Å². The third-order valence-electron chi connectivity index (χ3n) is 5.94. The summed E-state index contributed by atoms with van der Waals surface area (Å²) in [5.41, 5.74) is 10.6. The first kappa shape index (κ1) is 19.2. The summed E-state index contributed by atoms with van der Waals surface area (Å²) in [5.74, 6) is -3.40. The van der Waals surface area contributed by atoms with Gasteiger partial charge in [-0.2, -0.15) is 0 Å². The van der Waals surface area contributed by atoms with Crippen molar-refractivity contribution in [3.8, 4) is 10.4 Å². The van der Waals surface area contributed by atoms with Crippen molar-refractivity contribution in [2.24, 2.45) is 5.73 Å². The molecule has 2 aliphatic rings. The Morgan fingerprint density at radius 2 is 1.97 bits per heavy atom. The summed E-state index contributed by atoms with van der Waals surface area (Å²) in [4.78, 5) is 25.5. The molecule has 1 aromatic carbocycles. The van der Waals surface area contributed by atoms with E-state index in [2.05, 4.69) is 0 Å². The summed E-state index contributed by atoms with van der Waals surface area (Å²) in [7, 11) is 0. The highest BCUT2D eigenvalue weighted by Crippen LogP contribution is 2.45. The van der Waals surface area contributed by atoms with Gasteiger partial charge in [-0.15, -0.1) is 11.3 Å². The monoisotopic (exact) mass is 431 g/mol. The number of fused-ring (bicyclic) bond motifs is 2. The van der Waals surface area contributed by atoms with E-state index in [-0.39, 0.29) is 23.2 Å². The quantitative estimate of drug-likeness (QED) is 0.544. The maximum absolute atomic E-state index is 15.8. The number of nitrogens with zero attached hydrogens (tertiary/aromatic N) is 1. The first-order valence-electron chi connectivity index (χ1n) is 9.76. The smallest absolute Gasteiger partial charge is 0.341 e. The normalized spacial score (nSPS) is 18.6. The van der Waals surface area contributed by atoms with Gasteiger partial charge >= 0.3 is 5.97 Å². The third-order valence-corrected chi connectivity index (χ3v) is 7.27. The minimum atomic E-state index is -1.46. The van der Waals surface area contributed by atoms with Gasteiger partial charge in [-0.3, -0.25) is 4.79 Å². The van der Waals surface area contributed by atoms with Crippen molar-refractivity contribution in [3.63, 3.8) is 0 Å². The van der Waals surface area contributed by atoms with Crippen LogP contribution in [-0.4, -0.2) is 15.6 Å². The molecule has 1 atom stereocenters. The van der Waals surface area contributed by atoms with Gasteiger partial charge in [0.05, 0.1) is 22.2 Å². The van der Waals surface area contributed by atoms with E-state index in [1.165, 1.54) is 15.9 Å². The van der Waals surface area contributed by atoms with Gasteiger partial charge in [-0.1, -0.05) is 0 Å². The van der Waals surface area contributed by atoms with Crippen LogP contribution in [0.4, 0.5) is 14.5 Å². The van der Waals surface area contributed by atoms with E-state index in [0.29, 0.717) is 17.7 Å². The molecule has 9 heteroatoms. The maximum atomic E-state index is 15.8. The van der Waals surface area contributed by atoms with E-state index in [0.717, 1.165) is 35.9 Å². The summed E-state index contributed by atoms with van der Waals surface area (Å²) < 4.78 is 32.5. The van der Waals surface area contributed by atoms with Gasteiger partial charge in [0.25, 0.3) is 0 Å². The average molecular weight is 431 g/mol. The number of aromatic carboxylic acids is 1. The van der Waals surface area contributed by atoms with E-state index < -0.39 is 39.7 Å². The predicted octanol–water partition coefficient (Wildman–Crippen LogP) is 3.96. The van der Waals surface area contributed by atoms with Crippen LogP contribution in [0.15, 0.2) is 17.1 Å². The average Bonchev–Trinajstić information content (AvgIpc) is 3.45. The molecule has 1 unspecified atom stereocenters. The van der Waals surface area contributed by atoms with Crippen LogP contribution in [0.3, 0.4) is 0 Å². The van der Waals surface area contributed by atoms with Crippen molar-refractivity contribution in [2.75, 3.05) is 5.73 Å². The van der Waals surface area contributed by atoms with Crippen molar-refractivity contribution >= 4 is 33.9 Å². The molecule has 2 heterocycles. The molecule has 5 rings (SSSR count). The fourth-order valence-electron chi connectivity index (χ4n) is 4.29. The molecule has 0 radical (unpaired) electrons. The van der Waals surface area contributed by atoms with E-state index in [9.17, 15) is 14.7 Å². The second kappa shape index (κ2) is 6.61. The number of benzene rings is 1. The molecule has 1 fully saturated rings. The topological polar surface area (TPSA) is 111 Å². The first-order chi connectivity index (χ1) is 14.3. The second-order valence-electron chi connectivity index (χ2n) is 7.95. The summed E-state index contributed by atoms with van der Waals surface area (Å²) in [6.07, 6.45) is 5.09. The fraction of sp³-hybridized carbons (Fsp3) is 0.333. The number of aryl methyl sites for hydroxylation is 1. The lowest BCUT2D eigenvalue weighted by molar-refractivity contribution is 0.0695. The molecule has 0 amide bonds. The Balaban J connectivity index is 1.86. The largest absolute Gasteiger partial charge is 0.477 e. The lowest BCUT2D eigenvalue weighted by atomic mass is 9.95. The summed E-state index contributed by atoms with van der Waals surface area (Å²) >= 11 is 1.24. The number of pyridine rings is 1. The number of nitrogens with two attached hydrogens (primary N) is 2. The highest BCUT2D eigenvalue weighted by Gasteiger charge is 2.33. The van der Waals surface area contributed by atoms with Crippen LogP contribution in [0.1, 0.15) is 58.6 Å². The van der Waals surface area contributed by atoms with Crippen LogP contribution in [0.5, 0.6) is 0 Å². The number of aromatic nitrogens is 1. The highest BCUT2D eigenvalue weighted by atomic mass is 32.1. The molecule has 6 nitrogen and oxygen atoms in total. The van der Waals surface area contributed by atoms with Gasteiger partial charge in [-0.05, 0) is 43.7 Å². The Morgan fingerprint density at radius 1 is 1.23 bits per heavy atom. The zero-order valence-electron chi connectivity index (χ0n) is 15.9. The van der Waals surface area contributed by atoms with Crippen LogP contribution in [0, 0.1) is 11.6 Å². The zero-order valence-corrected chi connectivity index (χ0v) is 16.7. The number of thiophene rings is 1. The number of carboxylic acid groups (broad SMARTS) is 1. The van der Waals surface area contributed by atoms with Crippen LogP contribution in [0.2, 0.25) is 0 Å². The van der Waals surface area contributed by atoms with E-state index in [1.807, 2.05) is 0 Å². The number of hydrogen-bond donors (Lipinski definition) is 3. The maximum Gasteiger partial charge on any atom is 0.341 e. The first-order valence-corrected chi connectivity index (χ1v) is 10.6. The molecule has 0 aliphatic heterocycles. The SMILES string of the molecule is Nc1c(F)c(-c2cc3c(s2)C(N)CCC3)c(F)c2c1c(=O)c(C(=O)O)cn2C1CC1. The van der Waals surface area contributed by atoms with E-state index in [4.69, 9.17) is 11.5 Å². The molecule has 156 valence electrons. The Bertz CT molecular complexity index is 1290. The molecule has 2 aromatic heterocycles. The number of halogens is 2. The van der Waals surface area contributed by atoms with Gasteiger partial charge < -0.3 is 21.1 Å². The van der Waals surface area contributed by atoms with Crippen molar-refractivity contribution in [1.29, 1.82) is 0 Å². The molecule has 1 saturated carbocycles. The van der Waals surface area contributed by atoms with Gasteiger partial charge in [0.1, 0.15) is 5.56 Å². The number of anilines is 1. The minimum absolute atomic E-state index is 0.142. The van der Waals surface area contributed by atoms with E-state index >= 15 is 8.78 Å². The Morgan fingerprint density at radius 3 is 2.60 bits per heavy atom. The molecular formula is C21H19F2N3O3S. The van der Waals surface area contributed by atoms with Crippen molar-refractivity contribution in [3.05, 3.63) is 50.1 Å². The Labute approximate surface area is 173 Å². The zero-order chi connectivity index (χ0) is 21.3. The second-order valence-corrected chi connectivity index (χ2v) is 9.04. The molecule has 5 N–H and O–H groups in total. The number of carboxylic acids is 1. The van der Waals surface area contributed by atoms with Gasteiger partial charge in [0.2, 0.25) is 5.43 Å². The van der Waals surface area contributed by atoms with Crippen LogP contribution in [-0.2, 0) is 6.42 Å². The molecule has 2 aliphatic carbocycles. The van der Waals surface area contributed by atoms with Crippen molar-refractivity contribution in [2.45, 2.75) is 44.2 Å². The predicted molar refractivity (Wildman–Crippen MR) is 111 cm³/mol. The molecule has 30 heavy (non-hydrogen) atoms. The summed E-state index contributed by atoms with van der Waals surface area (Å²) in [5, 5.41) is 8.96. The lowest BCUT2D eigenvalue weighted by Crippen LogP contribution is -2.21. The van der Waals surface area contributed by atoms with Gasteiger partial charge in [0.15, 0.2) is 11.6 Å². The highest BCUT2D eigenvalue weighted by molar-refractivity contribution is 7.15. The number of hydrogen-bond acceptors (Lipinski definition) is 5. The molecule has 0 saturated heterocycles. The Kier molecular flexibility index (Phi) is 4.23. The fourth-order valence-corrected chi connectivity index (χ4v) is 5.57. The lowest BCUT2D eigenvalue weighted by Gasteiger charge is -2.17. The number of rotatable bonds is 3. The number of carbonyl (C=O) groups is 1. The summed E-state index contributed by atoms with van der Waals surface area (Å²) in [6, 6.07) is 1.43. The van der Waals surface area contributed by atoms with Crippen molar-refractivity contribution in [1.82, 2.24) is 4.57 Å². The van der Waals surface area contributed by atoms with E-state index in [1.54, 1.807) is 6.07 Å². The molecule has 0 spiro atoms. The van der Waals surface area contributed by atoms with Crippen molar-refractivity contribution < 1.29 is 18.7 Å². The number of nitrogen functional groups attached to an aromatic ring is 1. The standard InChI is InChI=1S/C21H19F2N3O3S/c22-15-13(12-6-8-2-1-3-11(24)20(8)30-12)16(23)18-14(17(15)25)19(27)10(21(28)29)7-26(18)9-4-5-9/h6-7,9,11H,1-5,24-25H2,(H,28,29). The summed E-state index contributed by atoms with van der Waals surface area (Å²) in [6.45, 7) is 0.